The largest absolute Gasteiger partial charge is 0.462 e. The Hall–Kier alpha value is -1.59. The molecule has 0 saturated carbocycles. The Morgan fingerprint density at radius 3 is 0.556 bits per heavy atom. The number of hydrogen-bond acceptors (Lipinski definition) is 6. The zero-order valence-electron chi connectivity index (χ0n) is 49.2. The molecule has 1 atom stereocenters. The van der Waals surface area contributed by atoms with Gasteiger partial charge in [-0.15, -0.1) is 0 Å². The van der Waals surface area contributed by atoms with Gasteiger partial charge in [-0.2, -0.15) is 0 Å². The molecule has 0 aliphatic heterocycles. The number of hydrogen-bond donors (Lipinski definition) is 0. The van der Waals surface area contributed by atoms with Crippen molar-refractivity contribution in [1.82, 2.24) is 0 Å². The van der Waals surface area contributed by atoms with Gasteiger partial charge in [0, 0.05) is 19.3 Å². The normalized spacial score (nSPS) is 11.9. The molecule has 0 saturated heterocycles. The molecule has 0 spiro atoms. The van der Waals surface area contributed by atoms with Crippen LogP contribution in [0.2, 0.25) is 0 Å². The summed E-state index contributed by atoms with van der Waals surface area (Å²) in [4.78, 5) is 38.2. The maximum absolute atomic E-state index is 12.9. The van der Waals surface area contributed by atoms with E-state index in [1.165, 1.54) is 289 Å². The molecule has 0 aliphatic rings. The molecule has 0 bridgehead atoms. The maximum Gasteiger partial charge on any atom is 0.306 e. The monoisotopic (exact) mass is 1020 g/mol. The molecule has 0 radical (unpaired) electrons. The van der Waals surface area contributed by atoms with Crippen molar-refractivity contribution in [3.8, 4) is 0 Å². The first-order valence-electron chi connectivity index (χ1n) is 33.0. The molecule has 0 N–H and O–H groups in total. The summed E-state index contributed by atoms with van der Waals surface area (Å²) < 4.78 is 16.9. The van der Waals surface area contributed by atoms with E-state index in [0.29, 0.717) is 19.3 Å². The lowest BCUT2D eigenvalue weighted by molar-refractivity contribution is -0.167. The highest BCUT2D eigenvalue weighted by atomic mass is 16.6. The van der Waals surface area contributed by atoms with Gasteiger partial charge in [-0.1, -0.05) is 348 Å². The third-order valence-corrected chi connectivity index (χ3v) is 15.4. The quantitative estimate of drug-likeness (QED) is 0.0343. The molecule has 0 aromatic carbocycles. The van der Waals surface area contributed by atoms with E-state index in [-0.39, 0.29) is 31.1 Å². The van der Waals surface area contributed by atoms with Gasteiger partial charge in [0.25, 0.3) is 0 Å². The molecule has 6 heteroatoms. The lowest BCUT2D eigenvalue weighted by Crippen LogP contribution is -2.30. The number of ether oxygens (including phenoxy) is 3. The molecule has 0 aliphatic carbocycles. The lowest BCUT2D eigenvalue weighted by atomic mass is 10.0. The van der Waals surface area contributed by atoms with Gasteiger partial charge in [-0.3, -0.25) is 14.4 Å². The molecule has 0 fully saturated rings. The van der Waals surface area contributed by atoms with Crippen molar-refractivity contribution in [2.75, 3.05) is 13.2 Å². The molecule has 72 heavy (non-hydrogen) atoms. The molecule has 0 amide bonds. The van der Waals surface area contributed by atoms with Gasteiger partial charge in [-0.25, -0.2) is 0 Å². The van der Waals surface area contributed by atoms with E-state index in [1.54, 1.807) is 0 Å². The van der Waals surface area contributed by atoms with Crippen LogP contribution in [0, 0.1) is 0 Å². The van der Waals surface area contributed by atoms with E-state index in [1.807, 2.05) is 0 Å². The number of carbonyl (C=O) groups excluding carboxylic acids is 3. The first-order valence-corrected chi connectivity index (χ1v) is 33.0. The molecule has 1 unspecified atom stereocenters. The van der Waals surface area contributed by atoms with Crippen LogP contribution in [0.15, 0.2) is 0 Å². The first kappa shape index (κ1) is 70.4. The predicted octanol–water partition coefficient (Wildman–Crippen LogP) is 22.3. The standard InChI is InChI=1S/C66H128O6/c1-4-7-10-13-16-19-22-24-26-28-29-30-31-32-33-34-35-36-38-39-41-44-47-50-53-56-59-65(68)71-62-63(61-70-64(67)58-55-52-49-46-43-21-18-15-12-9-6-3)72-66(69)60-57-54-51-48-45-42-40-37-27-25-23-20-17-14-11-8-5-2/h63H,4-62H2,1-3H3. The van der Waals surface area contributed by atoms with Crippen LogP contribution in [0.3, 0.4) is 0 Å². The Bertz CT molecular complexity index is 1080. The van der Waals surface area contributed by atoms with Gasteiger partial charge < -0.3 is 14.2 Å². The second kappa shape index (κ2) is 62.0. The van der Waals surface area contributed by atoms with E-state index < -0.39 is 6.10 Å². The van der Waals surface area contributed by atoms with Gasteiger partial charge in [0.2, 0.25) is 0 Å². The smallest absolute Gasteiger partial charge is 0.306 e. The van der Waals surface area contributed by atoms with Crippen molar-refractivity contribution in [1.29, 1.82) is 0 Å². The second-order valence-corrected chi connectivity index (χ2v) is 22.8. The summed E-state index contributed by atoms with van der Waals surface area (Å²) in [7, 11) is 0. The van der Waals surface area contributed by atoms with E-state index >= 15 is 0 Å². The summed E-state index contributed by atoms with van der Waals surface area (Å²) in [5.41, 5.74) is 0. The summed E-state index contributed by atoms with van der Waals surface area (Å²) in [5.74, 6) is -0.827. The van der Waals surface area contributed by atoms with Crippen LogP contribution in [0.5, 0.6) is 0 Å². The average molecular weight is 1020 g/mol. The van der Waals surface area contributed by atoms with Crippen molar-refractivity contribution in [2.45, 2.75) is 393 Å². The number of carbonyl (C=O) groups is 3. The van der Waals surface area contributed by atoms with Gasteiger partial charge in [0.15, 0.2) is 6.10 Å². The Morgan fingerprint density at radius 1 is 0.222 bits per heavy atom. The zero-order valence-corrected chi connectivity index (χ0v) is 49.2. The minimum absolute atomic E-state index is 0.0607. The second-order valence-electron chi connectivity index (χ2n) is 22.8. The highest BCUT2D eigenvalue weighted by Gasteiger charge is 2.19. The fourth-order valence-corrected chi connectivity index (χ4v) is 10.4. The average Bonchev–Trinajstić information content (AvgIpc) is 3.38. The van der Waals surface area contributed by atoms with Crippen molar-refractivity contribution in [3.63, 3.8) is 0 Å². The van der Waals surface area contributed by atoms with Crippen LogP contribution < -0.4 is 0 Å². The highest BCUT2D eigenvalue weighted by molar-refractivity contribution is 5.71. The molecular formula is C66H128O6. The zero-order chi connectivity index (χ0) is 52.2. The Labute approximate surface area is 450 Å². The third-order valence-electron chi connectivity index (χ3n) is 15.4. The molecule has 0 rings (SSSR count). The van der Waals surface area contributed by atoms with Crippen LogP contribution in [0.25, 0.3) is 0 Å². The lowest BCUT2D eigenvalue weighted by Gasteiger charge is -2.18. The topological polar surface area (TPSA) is 78.9 Å². The Morgan fingerprint density at radius 2 is 0.375 bits per heavy atom. The summed E-state index contributed by atoms with van der Waals surface area (Å²) in [6.07, 6.45) is 71.3. The third kappa shape index (κ3) is 59.3. The summed E-state index contributed by atoms with van der Waals surface area (Å²) in [5, 5.41) is 0. The summed E-state index contributed by atoms with van der Waals surface area (Å²) in [6, 6.07) is 0. The molecule has 0 aromatic heterocycles. The van der Waals surface area contributed by atoms with Crippen LogP contribution in [-0.4, -0.2) is 37.2 Å². The van der Waals surface area contributed by atoms with Crippen LogP contribution in [0.1, 0.15) is 387 Å². The fourth-order valence-electron chi connectivity index (χ4n) is 10.4. The highest BCUT2D eigenvalue weighted by Crippen LogP contribution is 2.19. The summed E-state index contributed by atoms with van der Waals surface area (Å²) in [6.45, 7) is 6.72. The number of rotatable bonds is 62. The Kier molecular flexibility index (Phi) is 60.6. The van der Waals surface area contributed by atoms with E-state index in [4.69, 9.17) is 14.2 Å². The van der Waals surface area contributed by atoms with E-state index in [2.05, 4.69) is 20.8 Å². The SMILES string of the molecule is CCCCCCCCCCCCCCCCCCCCCCCCCCCCC(=O)OCC(COC(=O)CCCCCCCCCCCCC)OC(=O)CCCCCCCCCCCCCCCCCCC. The van der Waals surface area contributed by atoms with Gasteiger partial charge in [0.1, 0.15) is 13.2 Å². The van der Waals surface area contributed by atoms with Crippen molar-refractivity contribution in [2.24, 2.45) is 0 Å². The van der Waals surface area contributed by atoms with Crippen molar-refractivity contribution < 1.29 is 28.6 Å². The molecule has 0 heterocycles. The summed E-state index contributed by atoms with van der Waals surface area (Å²) >= 11 is 0. The minimum Gasteiger partial charge on any atom is -0.462 e. The minimum atomic E-state index is -0.762. The molecular weight excluding hydrogens is 889 g/mol. The van der Waals surface area contributed by atoms with Gasteiger partial charge in [-0.05, 0) is 19.3 Å². The fraction of sp³-hybridized carbons (Fsp3) is 0.955. The van der Waals surface area contributed by atoms with E-state index in [9.17, 15) is 14.4 Å². The van der Waals surface area contributed by atoms with Gasteiger partial charge in [0.05, 0.1) is 0 Å². The number of esters is 3. The Balaban J connectivity index is 4.13. The van der Waals surface area contributed by atoms with Crippen molar-refractivity contribution >= 4 is 17.9 Å². The molecule has 6 nitrogen and oxygen atoms in total. The first-order chi connectivity index (χ1) is 35.5. The van der Waals surface area contributed by atoms with Gasteiger partial charge >= 0.3 is 17.9 Å². The molecule has 428 valence electrons. The van der Waals surface area contributed by atoms with E-state index in [0.717, 1.165) is 57.8 Å². The predicted molar refractivity (Wildman–Crippen MR) is 312 cm³/mol. The van der Waals surface area contributed by atoms with Crippen molar-refractivity contribution in [3.05, 3.63) is 0 Å². The van der Waals surface area contributed by atoms with Crippen LogP contribution >= 0.6 is 0 Å². The van der Waals surface area contributed by atoms with Crippen LogP contribution in [0.4, 0.5) is 0 Å². The maximum atomic E-state index is 12.9. The van der Waals surface area contributed by atoms with Crippen LogP contribution in [-0.2, 0) is 28.6 Å². The molecule has 0 aromatic rings. The number of unbranched alkanes of at least 4 members (excludes halogenated alkanes) is 51.